The fourth-order valence-electron chi connectivity index (χ4n) is 2.07. The van der Waals surface area contributed by atoms with Crippen molar-refractivity contribution in [3.8, 4) is 11.4 Å². The highest BCUT2D eigenvalue weighted by Crippen LogP contribution is 2.20. The number of benzene rings is 2. The van der Waals surface area contributed by atoms with Gasteiger partial charge in [-0.2, -0.15) is 5.10 Å². The summed E-state index contributed by atoms with van der Waals surface area (Å²) in [5.41, 5.74) is 1.59. The van der Waals surface area contributed by atoms with Gasteiger partial charge < -0.3 is 9.84 Å². The third kappa shape index (κ3) is 2.55. The van der Waals surface area contributed by atoms with Crippen LogP contribution in [0.15, 0.2) is 48.7 Å². The van der Waals surface area contributed by atoms with Gasteiger partial charge >= 0.3 is 5.97 Å². The van der Waals surface area contributed by atoms with Crippen molar-refractivity contribution in [2.24, 2.45) is 0 Å². The zero-order valence-electron chi connectivity index (χ0n) is 10.9. The second kappa shape index (κ2) is 5.24. The molecule has 0 amide bonds. The van der Waals surface area contributed by atoms with E-state index in [-0.39, 0.29) is 5.56 Å². The molecule has 0 fully saturated rings. The maximum Gasteiger partial charge on any atom is 0.335 e. The summed E-state index contributed by atoms with van der Waals surface area (Å²) in [5.74, 6) is -0.580. The third-order valence-corrected chi connectivity index (χ3v) is 3.05. The quantitative estimate of drug-likeness (QED) is 0.800. The van der Waals surface area contributed by atoms with Crippen LogP contribution in [0.25, 0.3) is 16.6 Å². The maximum absolute atomic E-state index is 12.2. The zero-order valence-corrected chi connectivity index (χ0v) is 10.9. The number of halogens is 1. The third-order valence-electron chi connectivity index (χ3n) is 3.05. The lowest BCUT2D eigenvalue weighted by molar-refractivity contribution is 0.0697. The molecule has 0 saturated carbocycles. The molecule has 1 N–H and O–H groups in total. The molecule has 0 saturated heterocycles. The van der Waals surface area contributed by atoms with Gasteiger partial charge in [0, 0.05) is 17.6 Å². The van der Waals surface area contributed by atoms with Gasteiger partial charge in [-0.05, 0) is 30.3 Å². The first-order valence-electron chi connectivity index (χ1n) is 6.19. The molecule has 21 heavy (non-hydrogen) atoms. The van der Waals surface area contributed by atoms with Gasteiger partial charge in [0.2, 0.25) is 6.86 Å². The molecule has 1 aromatic heterocycles. The lowest BCUT2D eigenvalue weighted by Crippen LogP contribution is -1.96. The van der Waals surface area contributed by atoms with Crippen molar-refractivity contribution in [1.29, 1.82) is 0 Å². The van der Waals surface area contributed by atoms with Crippen LogP contribution in [-0.2, 0) is 0 Å². The molecule has 0 unspecified atom stereocenters. The van der Waals surface area contributed by atoms with Crippen LogP contribution in [0.3, 0.4) is 0 Å². The summed E-state index contributed by atoms with van der Waals surface area (Å²) < 4.78 is 18.6. The van der Waals surface area contributed by atoms with E-state index in [0.717, 1.165) is 0 Å². The van der Waals surface area contributed by atoms with E-state index in [9.17, 15) is 9.18 Å². The molecular weight excluding hydrogens is 275 g/mol. The standard InChI is InChI=1S/C15H11FN2O3/c16-9-21-13-3-1-2-12(7-13)18-8-11-6-10(15(19)20)4-5-14(11)17-18/h1-8H,9H2,(H,19,20). The second-order valence-electron chi connectivity index (χ2n) is 4.40. The number of fused-ring (bicyclic) bond motifs is 1. The summed E-state index contributed by atoms with van der Waals surface area (Å²) in [5, 5.41) is 14.1. The number of aromatic nitrogens is 2. The highest BCUT2D eigenvalue weighted by molar-refractivity contribution is 5.93. The molecule has 5 nitrogen and oxygen atoms in total. The van der Waals surface area contributed by atoms with Crippen LogP contribution in [0.5, 0.6) is 5.75 Å². The van der Waals surface area contributed by atoms with E-state index in [1.54, 1.807) is 47.3 Å². The van der Waals surface area contributed by atoms with E-state index in [2.05, 4.69) is 5.10 Å². The minimum Gasteiger partial charge on any atom is -0.478 e. The Labute approximate surface area is 119 Å². The Bertz CT molecular complexity index is 814. The normalized spacial score (nSPS) is 10.7. The largest absolute Gasteiger partial charge is 0.478 e. The molecule has 2 aromatic carbocycles. The van der Waals surface area contributed by atoms with Crippen LogP contribution in [0, 0.1) is 0 Å². The summed E-state index contributed by atoms with van der Waals surface area (Å²) in [6, 6.07) is 11.5. The zero-order chi connectivity index (χ0) is 14.8. The van der Waals surface area contributed by atoms with Crippen LogP contribution in [0.2, 0.25) is 0 Å². The van der Waals surface area contributed by atoms with Crippen molar-refractivity contribution in [2.75, 3.05) is 6.86 Å². The molecule has 0 atom stereocenters. The number of hydrogen-bond acceptors (Lipinski definition) is 3. The Morgan fingerprint density at radius 2 is 2.14 bits per heavy atom. The van der Waals surface area contributed by atoms with E-state index < -0.39 is 12.8 Å². The summed E-state index contributed by atoms with van der Waals surface area (Å²) in [6.07, 6.45) is 1.72. The number of rotatable bonds is 4. The molecular formula is C15H11FN2O3. The average molecular weight is 286 g/mol. The van der Waals surface area contributed by atoms with Gasteiger partial charge in [0.1, 0.15) is 5.75 Å². The molecule has 3 aromatic rings. The Kier molecular flexibility index (Phi) is 3.27. The van der Waals surface area contributed by atoms with Crippen LogP contribution in [0.4, 0.5) is 4.39 Å². The summed E-state index contributed by atoms with van der Waals surface area (Å²) in [6.45, 7) is -0.896. The van der Waals surface area contributed by atoms with E-state index >= 15 is 0 Å². The highest BCUT2D eigenvalue weighted by Gasteiger charge is 2.08. The summed E-state index contributed by atoms with van der Waals surface area (Å²) in [7, 11) is 0. The highest BCUT2D eigenvalue weighted by atomic mass is 19.1. The van der Waals surface area contributed by atoms with Gasteiger partial charge in [-0.15, -0.1) is 0 Å². The molecule has 0 aliphatic heterocycles. The van der Waals surface area contributed by atoms with Crippen molar-refractivity contribution in [2.45, 2.75) is 0 Å². The van der Waals surface area contributed by atoms with E-state index in [0.29, 0.717) is 22.3 Å². The second-order valence-corrected chi connectivity index (χ2v) is 4.40. The van der Waals surface area contributed by atoms with E-state index in [1.807, 2.05) is 0 Å². The average Bonchev–Trinajstić information content (AvgIpc) is 2.91. The van der Waals surface area contributed by atoms with Crippen molar-refractivity contribution in [3.63, 3.8) is 0 Å². The molecule has 0 aliphatic carbocycles. The number of hydrogen-bond donors (Lipinski definition) is 1. The van der Waals surface area contributed by atoms with Crippen molar-refractivity contribution in [3.05, 3.63) is 54.2 Å². The lowest BCUT2D eigenvalue weighted by Gasteiger charge is -2.04. The van der Waals surface area contributed by atoms with Crippen molar-refractivity contribution >= 4 is 16.9 Å². The molecule has 0 radical (unpaired) electrons. The predicted octanol–water partition coefficient (Wildman–Crippen LogP) is 3.03. The Balaban J connectivity index is 2.04. The molecule has 0 aliphatic rings. The van der Waals surface area contributed by atoms with Crippen LogP contribution in [0.1, 0.15) is 10.4 Å². The Hall–Kier alpha value is -2.89. The van der Waals surface area contributed by atoms with Gasteiger partial charge in [-0.25, -0.2) is 13.9 Å². The van der Waals surface area contributed by atoms with Crippen LogP contribution in [-0.4, -0.2) is 27.7 Å². The molecule has 3 rings (SSSR count). The number of nitrogens with zero attached hydrogens (tertiary/aromatic N) is 2. The number of aromatic carboxylic acids is 1. The SMILES string of the molecule is O=C(O)c1ccc2nn(-c3cccc(OCF)c3)cc2c1. The first-order chi connectivity index (χ1) is 10.2. The number of carboxylic acids is 1. The Morgan fingerprint density at radius 1 is 1.29 bits per heavy atom. The fourth-order valence-corrected chi connectivity index (χ4v) is 2.07. The molecule has 6 heteroatoms. The topological polar surface area (TPSA) is 64.3 Å². The first-order valence-corrected chi connectivity index (χ1v) is 6.19. The molecule has 0 spiro atoms. The molecule has 106 valence electrons. The molecule has 0 bridgehead atoms. The van der Waals surface area contributed by atoms with E-state index in [4.69, 9.17) is 9.84 Å². The van der Waals surface area contributed by atoms with Crippen LogP contribution < -0.4 is 4.74 Å². The fraction of sp³-hybridized carbons (Fsp3) is 0.0667. The predicted molar refractivity (Wildman–Crippen MR) is 74.6 cm³/mol. The van der Waals surface area contributed by atoms with Crippen molar-refractivity contribution < 1.29 is 19.0 Å². The van der Waals surface area contributed by atoms with Gasteiger partial charge in [-0.3, -0.25) is 0 Å². The Morgan fingerprint density at radius 3 is 2.90 bits per heavy atom. The van der Waals surface area contributed by atoms with Crippen LogP contribution >= 0.6 is 0 Å². The first kappa shape index (κ1) is 13.1. The summed E-state index contributed by atoms with van der Waals surface area (Å²) >= 11 is 0. The minimum atomic E-state index is -0.983. The summed E-state index contributed by atoms with van der Waals surface area (Å²) in [4.78, 5) is 11.0. The van der Waals surface area contributed by atoms with E-state index in [1.165, 1.54) is 6.07 Å². The minimum absolute atomic E-state index is 0.205. The molecule has 1 heterocycles. The van der Waals surface area contributed by atoms with Gasteiger partial charge in [0.25, 0.3) is 0 Å². The van der Waals surface area contributed by atoms with Gasteiger partial charge in [0.05, 0.1) is 16.8 Å². The van der Waals surface area contributed by atoms with Gasteiger partial charge in [0.15, 0.2) is 0 Å². The van der Waals surface area contributed by atoms with Crippen molar-refractivity contribution in [1.82, 2.24) is 9.78 Å². The maximum atomic E-state index is 12.2. The number of carbonyl (C=O) groups is 1. The number of carboxylic acid groups (broad SMARTS) is 1. The number of ether oxygens (including phenoxy) is 1. The smallest absolute Gasteiger partial charge is 0.335 e. The van der Waals surface area contributed by atoms with Gasteiger partial charge in [-0.1, -0.05) is 6.07 Å². The monoisotopic (exact) mass is 286 g/mol. The lowest BCUT2D eigenvalue weighted by atomic mass is 10.2. The number of alkyl halides is 1.